The van der Waals surface area contributed by atoms with Gasteiger partial charge in [-0.25, -0.2) is 0 Å². The molecular weight excluding hydrogens is 300 g/mol. The molecule has 1 aliphatic rings. The molecule has 2 aromatic carbocycles. The summed E-state index contributed by atoms with van der Waals surface area (Å²) in [5, 5.41) is 0. The van der Waals surface area contributed by atoms with Gasteiger partial charge in [0.05, 0.1) is 5.56 Å². The molecule has 0 bridgehead atoms. The Morgan fingerprint density at radius 1 is 1.04 bits per heavy atom. The van der Waals surface area contributed by atoms with Gasteiger partial charge in [0, 0.05) is 30.3 Å². The van der Waals surface area contributed by atoms with E-state index in [2.05, 4.69) is 0 Å². The lowest BCUT2D eigenvalue weighted by Crippen LogP contribution is -2.32. The highest BCUT2D eigenvalue weighted by molar-refractivity contribution is 6.16. The maximum absolute atomic E-state index is 13.0. The van der Waals surface area contributed by atoms with E-state index in [9.17, 15) is 9.59 Å². The maximum Gasteiger partial charge on any atom is 0.254 e. The molecule has 1 aliphatic heterocycles. The van der Waals surface area contributed by atoms with Gasteiger partial charge < -0.3 is 10.6 Å². The van der Waals surface area contributed by atoms with Crippen molar-refractivity contribution in [1.29, 1.82) is 0 Å². The molecule has 24 heavy (non-hydrogen) atoms. The Morgan fingerprint density at radius 2 is 1.75 bits per heavy atom. The summed E-state index contributed by atoms with van der Waals surface area (Å²) in [4.78, 5) is 27.6. The standard InChI is InChI=1S/C20H22N2O2/c1-13-7-8-14(2)18(11-13)19(23)16-5-3-4-6-17(16)20(24)22-10-9-15(21)12-22/h3-8,11,15H,9-10,12,21H2,1-2H3/t15-/m0/s1. The Kier molecular flexibility index (Phi) is 4.49. The van der Waals surface area contributed by atoms with Crippen molar-refractivity contribution in [2.45, 2.75) is 26.3 Å². The molecule has 0 unspecified atom stereocenters. The third-order valence-electron chi connectivity index (χ3n) is 4.55. The molecule has 4 heteroatoms. The predicted molar refractivity (Wildman–Crippen MR) is 94.3 cm³/mol. The molecule has 4 nitrogen and oxygen atoms in total. The summed E-state index contributed by atoms with van der Waals surface area (Å²) in [6, 6.07) is 12.9. The monoisotopic (exact) mass is 322 g/mol. The Hall–Kier alpha value is -2.46. The molecule has 0 aromatic heterocycles. The number of hydrogen-bond donors (Lipinski definition) is 1. The first-order valence-corrected chi connectivity index (χ1v) is 8.23. The summed E-state index contributed by atoms with van der Waals surface area (Å²) in [6.45, 7) is 5.06. The van der Waals surface area contributed by atoms with Crippen LogP contribution in [0.5, 0.6) is 0 Å². The number of amides is 1. The van der Waals surface area contributed by atoms with E-state index in [0.717, 1.165) is 17.5 Å². The normalized spacial score (nSPS) is 17.1. The lowest BCUT2D eigenvalue weighted by atomic mass is 9.94. The SMILES string of the molecule is Cc1ccc(C)c(C(=O)c2ccccc2C(=O)N2CC[C@H](N)C2)c1. The van der Waals surface area contributed by atoms with E-state index >= 15 is 0 Å². The van der Waals surface area contributed by atoms with Crippen molar-refractivity contribution in [1.82, 2.24) is 4.90 Å². The van der Waals surface area contributed by atoms with Gasteiger partial charge >= 0.3 is 0 Å². The highest BCUT2D eigenvalue weighted by Crippen LogP contribution is 2.21. The van der Waals surface area contributed by atoms with Crippen LogP contribution in [-0.2, 0) is 0 Å². The van der Waals surface area contributed by atoms with E-state index in [4.69, 9.17) is 5.73 Å². The number of carbonyl (C=O) groups is 2. The van der Waals surface area contributed by atoms with Gasteiger partial charge in [-0.2, -0.15) is 0 Å². The topological polar surface area (TPSA) is 63.4 Å². The van der Waals surface area contributed by atoms with Gasteiger partial charge in [-0.1, -0.05) is 35.9 Å². The van der Waals surface area contributed by atoms with E-state index in [0.29, 0.717) is 29.8 Å². The minimum atomic E-state index is -0.114. The van der Waals surface area contributed by atoms with Crippen LogP contribution >= 0.6 is 0 Å². The van der Waals surface area contributed by atoms with Gasteiger partial charge in [-0.3, -0.25) is 9.59 Å². The average Bonchev–Trinajstić information content (AvgIpc) is 3.02. The molecule has 1 amide bonds. The van der Waals surface area contributed by atoms with Crippen molar-refractivity contribution < 1.29 is 9.59 Å². The van der Waals surface area contributed by atoms with Gasteiger partial charge in [-0.15, -0.1) is 0 Å². The summed E-state index contributed by atoms with van der Waals surface area (Å²) in [6.07, 6.45) is 0.804. The third-order valence-corrected chi connectivity index (χ3v) is 4.55. The fraction of sp³-hybridized carbons (Fsp3) is 0.300. The second-order valence-electron chi connectivity index (χ2n) is 6.49. The van der Waals surface area contributed by atoms with Crippen LogP contribution in [0, 0.1) is 13.8 Å². The van der Waals surface area contributed by atoms with Gasteiger partial charge in [0.2, 0.25) is 0 Å². The van der Waals surface area contributed by atoms with Crippen molar-refractivity contribution in [3.63, 3.8) is 0 Å². The van der Waals surface area contributed by atoms with Crippen LogP contribution in [0.1, 0.15) is 43.8 Å². The molecular formula is C20H22N2O2. The van der Waals surface area contributed by atoms with Crippen LogP contribution in [0.2, 0.25) is 0 Å². The van der Waals surface area contributed by atoms with Crippen LogP contribution in [-0.4, -0.2) is 35.7 Å². The number of hydrogen-bond acceptors (Lipinski definition) is 3. The molecule has 1 saturated heterocycles. The van der Waals surface area contributed by atoms with Crippen molar-refractivity contribution >= 4 is 11.7 Å². The fourth-order valence-electron chi connectivity index (χ4n) is 3.14. The Labute approximate surface area is 142 Å². The number of benzene rings is 2. The highest BCUT2D eigenvalue weighted by atomic mass is 16.2. The van der Waals surface area contributed by atoms with E-state index in [-0.39, 0.29) is 17.7 Å². The molecule has 1 heterocycles. The van der Waals surface area contributed by atoms with Crippen molar-refractivity contribution in [3.05, 3.63) is 70.3 Å². The Bertz CT molecular complexity index is 798. The van der Waals surface area contributed by atoms with Gasteiger partial charge in [0.25, 0.3) is 5.91 Å². The fourth-order valence-corrected chi connectivity index (χ4v) is 3.14. The third kappa shape index (κ3) is 3.10. The molecule has 0 saturated carbocycles. The van der Waals surface area contributed by atoms with Crippen molar-refractivity contribution in [3.8, 4) is 0 Å². The lowest BCUT2D eigenvalue weighted by molar-refractivity contribution is 0.0786. The van der Waals surface area contributed by atoms with Crippen LogP contribution in [0.25, 0.3) is 0 Å². The van der Waals surface area contributed by atoms with E-state index in [1.807, 2.05) is 32.0 Å². The number of rotatable bonds is 3. The summed E-state index contributed by atoms with van der Waals surface area (Å²) >= 11 is 0. The average molecular weight is 322 g/mol. The number of nitrogens with two attached hydrogens (primary N) is 1. The second-order valence-corrected chi connectivity index (χ2v) is 6.49. The number of ketones is 1. The molecule has 2 aromatic rings. The largest absolute Gasteiger partial charge is 0.337 e. The second kappa shape index (κ2) is 6.57. The van der Waals surface area contributed by atoms with Gasteiger partial charge in [0.15, 0.2) is 5.78 Å². The molecule has 0 spiro atoms. The molecule has 0 aliphatic carbocycles. The van der Waals surface area contributed by atoms with Crippen LogP contribution in [0.15, 0.2) is 42.5 Å². The summed E-state index contributed by atoms with van der Waals surface area (Å²) in [5.41, 5.74) is 9.40. The minimum Gasteiger partial charge on any atom is -0.337 e. The summed E-state index contributed by atoms with van der Waals surface area (Å²) < 4.78 is 0. The van der Waals surface area contributed by atoms with E-state index < -0.39 is 0 Å². The minimum absolute atomic E-state index is 0.0239. The zero-order chi connectivity index (χ0) is 17.3. The van der Waals surface area contributed by atoms with Gasteiger partial charge in [-0.05, 0) is 38.0 Å². The predicted octanol–water partition coefficient (Wildman–Crippen LogP) is 2.71. The van der Waals surface area contributed by atoms with Crippen molar-refractivity contribution in [2.75, 3.05) is 13.1 Å². The Morgan fingerprint density at radius 3 is 2.42 bits per heavy atom. The molecule has 0 radical (unpaired) electrons. The van der Waals surface area contributed by atoms with Crippen LogP contribution < -0.4 is 5.73 Å². The van der Waals surface area contributed by atoms with E-state index in [1.165, 1.54) is 0 Å². The zero-order valence-corrected chi connectivity index (χ0v) is 14.1. The lowest BCUT2D eigenvalue weighted by Gasteiger charge is -2.18. The van der Waals surface area contributed by atoms with Crippen molar-refractivity contribution in [2.24, 2.45) is 5.73 Å². The molecule has 124 valence electrons. The molecule has 2 N–H and O–H groups in total. The number of aryl methyl sites for hydroxylation is 2. The maximum atomic E-state index is 13.0. The number of carbonyl (C=O) groups excluding carboxylic acids is 2. The quantitative estimate of drug-likeness (QED) is 0.884. The summed E-state index contributed by atoms with van der Waals surface area (Å²) in [5.74, 6) is -0.221. The molecule has 3 rings (SSSR count). The zero-order valence-electron chi connectivity index (χ0n) is 14.1. The Balaban J connectivity index is 1.98. The smallest absolute Gasteiger partial charge is 0.254 e. The highest BCUT2D eigenvalue weighted by Gasteiger charge is 2.27. The van der Waals surface area contributed by atoms with Crippen LogP contribution in [0.4, 0.5) is 0 Å². The number of nitrogens with zero attached hydrogens (tertiary/aromatic N) is 1. The summed E-state index contributed by atoms with van der Waals surface area (Å²) in [7, 11) is 0. The number of likely N-dealkylation sites (tertiary alicyclic amines) is 1. The van der Waals surface area contributed by atoms with E-state index in [1.54, 1.807) is 29.2 Å². The van der Waals surface area contributed by atoms with Crippen LogP contribution in [0.3, 0.4) is 0 Å². The first-order valence-electron chi connectivity index (χ1n) is 8.23. The first-order chi connectivity index (χ1) is 11.5. The first kappa shape index (κ1) is 16.4. The molecule has 1 atom stereocenters. The van der Waals surface area contributed by atoms with Gasteiger partial charge in [0.1, 0.15) is 0 Å². The molecule has 1 fully saturated rings.